The lowest BCUT2D eigenvalue weighted by Gasteiger charge is -2.37. The Balaban J connectivity index is 1.79. The summed E-state index contributed by atoms with van der Waals surface area (Å²) in [6.45, 7) is 1.81. The van der Waals surface area contributed by atoms with Gasteiger partial charge >= 0.3 is 5.97 Å². The van der Waals surface area contributed by atoms with Crippen molar-refractivity contribution < 1.29 is 19.4 Å². The van der Waals surface area contributed by atoms with Gasteiger partial charge < -0.3 is 15.2 Å². The minimum absolute atomic E-state index is 0.0237. The van der Waals surface area contributed by atoms with Gasteiger partial charge in [-0.25, -0.2) is 0 Å². The number of carbonyl (C=O) groups is 2. The second-order valence-corrected chi connectivity index (χ2v) is 7.71. The number of carboxylic acid groups (broad SMARTS) is 1. The number of carbonyl (C=O) groups excluding carboxylic acids is 1. The van der Waals surface area contributed by atoms with E-state index < -0.39 is 17.3 Å². The van der Waals surface area contributed by atoms with Crippen LogP contribution in [-0.2, 0) is 16.0 Å². The van der Waals surface area contributed by atoms with E-state index >= 15 is 0 Å². The van der Waals surface area contributed by atoms with Crippen LogP contribution in [0, 0.1) is 23.2 Å². The SMILES string of the molecule is COc1cccc(CC2(C(=O)NCC(C)C(=O)O)CC3CCC2C3)c1. The summed E-state index contributed by atoms with van der Waals surface area (Å²) in [4.78, 5) is 24.1. The lowest BCUT2D eigenvalue weighted by Crippen LogP contribution is -2.47. The van der Waals surface area contributed by atoms with Crippen molar-refractivity contribution in [1.82, 2.24) is 5.32 Å². The topological polar surface area (TPSA) is 75.6 Å². The van der Waals surface area contributed by atoms with Crippen LogP contribution in [0.25, 0.3) is 0 Å². The van der Waals surface area contributed by atoms with Crippen LogP contribution in [0.2, 0.25) is 0 Å². The van der Waals surface area contributed by atoms with Crippen molar-refractivity contribution in [2.75, 3.05) is 13.7 Å². The minimum atomic E-state index is -0.880. The standard InChI is InChI=1S/C20H27NO4/c1-13(18(22)23)12-21-19(24)20(11-15-6-7-16(20)8-15)10-14-4-3-5-17(9-14)25-2/h3-5,9,13,15-16H,6-8,10-12H2,1-2H3,(H,21,24)(H,22,23). The van der Waals surface area contributed by atoms with Gasteiger partial charge in [0.1, 0.15) is 5.75 Å². The van der Waals surface area contributed by atoms with Crippen LogP contribution in [0.1, 0.15) is 38.2 Å². The van der Waals surface area contributed by atoms with Gasteiger partial charge in [-0.05, 0) is 55.2 Å². The molecule has 3 rings (SSSR count). The van der Waals surface area contributed by atoms with Crippen molar-refractivity contribution in [3.05, 3.63) is 29.8 Å². The Kier molecular flexibility index (Phi) is 5.02. The molecule has 2 bridgehead atoms. The fourth-order valence-corrected chi connectivity index (χ4v) is 4.67. The molecule has 0 saturated heterocycles. The molecule has 2 aliphatic carbocycles. The number of carboxylic acids is 1. The van der Waals surface area contributed by atoms with Crippen molar-refractivity contribution in [2.45, 2.75) is 39.0 Å². The Morgan fingerprint density at radius 2 is 2.20 bits per heavy atom. The third-order valence-corrected chi connectivity index (χ3v) is 6.07. The van der Waals surface area contributed by atoms with E-state index in [2.05, 4.69) is 5.32 Å². The Bertz CT molecular complexity index is 659. The molecule has 2 saturated carbocycles. The Labute approximate surface area is 148 Å². The summed E-state index contributed by atoms with van der Waals surface area (Å²) in [7, 11) is 1.65. The number of aliphatic carboxylic acids is 1. The van der Waals surface area contributed by atoms with Gasteiger partial charge in [-0.3, -0.25) is 9.59 Å². The van der Waals surface area contributed by atoms with E-state index in [1.807, 2.05) is 24.3 Å². The Morgan fingerprint density at radius 1 is 1.40 bits per heavy atom. The number of amides is 1. The van der Waals surface area contributed by atoms with Crippen LogP contribution in [0.4, 0.5) is 0 Å². The van der Waals surface area contributed by atoms with Gasteiger partial charge in [0.15, 0.2) is 0 Å². The average molecular weight is 345 g/mol. The number of nitrogens with one attached hydrogen (secondary N) is 1. The molecule has 0 aromatic heterocycles. The van der Waals surface area contributed by atoms with Crippen molar-refractivity contribution in [1.29, 1.82) is 0 Å². The van der Waals surface area contributed by atoms with E-state index in [0.29, 0.717) is 18.3 Å². The molecule has 2 fully saturated rings. The first-order valence-electron chi connectivity index (χ1n) is 9.08. The predicted molar refractivity (Wildman–Crippen MR) is 94.4 cm³/mol. The van der Waals surface area contributed by atoms with E-state index in [4.69, 9.17) is 9.84 Å². The fraction of sp³-hybridized carbons (Fsp3) is 0.600. The Morgan fingerprint density at radius 3 is 2.80 bits per heavy atom. The van der Waals surface area contributed by atoms with Gasteiger partial charge in [0.2, 0.25) is 5.91 Å². The zero-order valence-corrected chi connectivity index (χ0v) is 15.0. The molecule has 0 spiro atoms. The average Bonchev–Trinajstić information content (AvgIpc) is 3.21. The largest absolute Gasteiger partial charge is 0.497 e. The highest BCUT2D eigenvalue weighted by Crippen LogP contribution is 2.57. The second kappa shape index (κ2) is 7.06. The van der Waals surface area contributed by atoms with Gasteiger partial charge in [-0.1, -0.05) is 25.5 Å². The van der Waals surface area contributed by atoms with Crippen LogP contribution in [-0.4, -0.2) is 30.6 Å². The molecule has 136 valence electrons. The summed E-state index contributed by atoms with van der Waals surface area (Å²) < 4.78 is 5.31. The monoisotopic (exact) mass is 345 g/mol. The molecule has 4 atom stereocenters. The zero-order valence-electron chi connectivity index (χ0n) is 15.0. The van der Waals surface area contributed by atoms with E-state index in [9.17, 15) is 9.59 Å². The lowest BCUT2D eigenvalue weighted by atomic mass is 9.68. The number of hydrogen-bond donors (Lipinski definition) is 2. The van der Waals surface area contributed by atoms with Gasteiger partial charge in [-0.2, -0.15) is 0 Å². The summed E-state index contributed by atoms with van der Waals surface area (Å²) in [6, 6.07) is 7.91. The molecular weight excluding hydrogens is 318 g/mol. The summed E-state index contributed by atoms with van der Waals surface area (Å²) in [5, 5.41) is 12.0. The maximum absolute atomic E-state index is 13.1. The first kappa shape index (κ1) is 17.8. The molecule has 5 nitrogen and oxygen atoms in total. The third kappa shape index (κ3) is 3.51. The Hall–Kier alpha value is -2.04. The minimum Gasteiger partial charge on any atom is -0.497 e. The van der Waals surface area contributed by atoms with Crippen molar-refractivity contribution in [2.24, 2.45) is 23.2 Å². The van der Waals surface area contributed by atoms with Gasteiger partial charge in [-0.15, -0.1) is 0 Å². The van der Waals surface area contributed by atoms with E-state index in [0.717, 1.165) is 30.6 Å². The van der Waals surface area contributed by atoms with E-state index in [-0.39, 0.29) is 12.5 Å². The zero-order chi connectivity index (χ0) is 18.0. The van der Waals surface area contributed by atoms with Gasteiger partial charge in [0, 0.05) is 6.54 Å². The normalized spacial score (nSPS) is 28.6. The molecule has 2 N–H and O–H groups in total. The predicted octanol–water partition coefficient (Wildman–Crippen LogP) is 2.88. The first-order valence-corrected chi connectivity index (χ1v) is 9.08. The highest BCUT2D eigenvalue weighted by Gasteiger charge is 2.55. The number of methoxy groups -OCH3 is 1. The van der Waals surface area contributed by atoms with Gasteiger partial charge in [0.25, 0.3) is 0 Å². The van der Waals surface area contributed by atoms with Crippen molar-refractivity contribution in [3.63, 3.8) is 0 Å². The molecule has 1 aromatic carbocycles. The van der Waals surface area contributed by atoms with Crippen LogP contribution < -0.4 is 10.1 Å². The molecule has 4 unspecified atom stereocenters. The number of rotatable bonds is 7. The summed E-state index contributed by atoms with van der Waals surface area (Å²) >= 11 is 0. The maximum Gasteiger partial charge on any atom is 0.308 e. The van der Waals surface area contributed by atoms with E-state index in [1.54, 1.807) is 14.0 Å². The molecular formula is C20H27NO4. The third-order valence-electron chi connectivity index (χ3n) is 6.07. The highest BCUT2D eigenvalue weighted by molar-refractivity contribution is 5.84. The fourth-order valence-electron chi connectivity index (χ4n) is 4.67. The van der Waals surface area contributed by atoms with Crippen molar-refractivity contribution >= 4 is 11.9 Å². The molecule has 0 radical (unpaired) electrons. The molecule has 5 heteroatoms. The summed E-state index contributed by atoms with van der Waals surface area (Å²) in [6.07, 6.45) is 5.02. The van der Waals surface area contributed by atoms with Crippen molar-refractivity contribution in [3.8, 4) is 5.75 Å². The molecule has 0 aliphatic heterocycles. The smallest absolute Gasteiger partial charge is 0.308 e. The molecule has 1 amide bonds. The first-order chi connectivity index (χ1) is 11.9. The maximum atomic E-state index is 13.1. The number of benzene rings is 1. The van der Waals surface area contributed by atoms with E-state index in [1.165, 1.54) is 6.42 Å². The summed E-state index contributed by atoms with van der Waals surface area (Å²) in [5.41, 5.74) is 0.696. The second-order valence-electron chi connectivity index (χ2n) is 7.71. The molecule has 2 aliphatic rings. The number of fused-ring (bicyclic) bond motifs is 2. The lowest BCUT2D eigenvalue weighted by molar-refractivity contribution is -0.141. The van der Waals surface area contributed by atoms with Crippen LogP contribution in [0.3, 0.4) is 0 Å². The van der Waals surface area contributed by atoms with Crippen LogP contribution >= 0.6 is 0 Å². The number of ether oxygens (including phenoxy) is 1. The molecule has 0 heterocycles. The number of hydrogen-bond acceptors (Lipinski definition) is 3. The quantitative estimate of drug-likeness (QED) is 0.797. The van der Waals surface area contributed by atoms with Gasteiger partial charge in [0.05, 0.1) is 18.4 Å². The highest BCUT2D eigenvalue weighted by atomic mass is 16.5. The molecule has 1 aromatic rings. The van der Waals surface area contributed by atoms with Crippen LogP contribution in [0.15, 0.2) is 24.3 Å². The molecule has 25 heavy (non-hydrogen) atoms. The van der Waals surface area contributed by atoms with Crippen LogP contribution in [0.5, 0.6) is 5.75 Å². The summed E-state index contributed by atoms with van der Waals surface area (Å²) in [5.74, 6) is 0.389.